The van der Waals surface area contributed by atoms with Crippen LogP contribution < -0.4 is 5.32 Å². The largest absolute Gasteiger partial charge is 0.317 e. The normalized spacial score (nSPS) is 14.1. The van der Waals surface area contributed by atoms with Gasteiger partial charge in [-0.25, -0.2) is 16.8 Å². The van der Waals surface area contributed by atoms with E-state index in [0.29, 0.717) is 12.0 Å². The molecule has 7 heteroatoms. The second kappa shape index (κ2) is 6.89. The van der Waals surface area contributed by atoms with E-state index in [9.17, 15) is 16.8 Å². The minimum Gasteiger partial charge on any atom is -0.317 e. The molecule has 0 aliphatic rings. The first kappa shape index (κ1) is 18.1. The smallest absolute Gasteiger partial charge is 0.175 e. The second-order valence-corrected chi connectivity index (χ2v) is 9.29. The van der Waals surface area contributed by atoms with Gasteiger partial charge < -0.3 is 5.32 Å². The summed E-state index contributed by atoms with van der Waals surface area (Å²) >= 11 is 0. The number of rotatable bonds is 7. The molecule has 0 aliphatic carbocycles. The molecule has 1 unspecified atom stereocenters. The fraction of sp³-hybridized carbons (Fsp3) is 0.571. The van der Waals surface area contributed by atoms with Crippen molar-refractivity contribution < 1.29 is 16.8 Å². The van der Waals surface area contributed by atoms with Gasteiger partial charge in [-0.05, 0) is 37.6 Å². The lowest BCUT2D eigenvalue weighted by molar-refractivity contribution is 0.509. The predicted octanol–water partition coefficient (Wildman–Crippen LogP) is 1.42. The van der Waals surface area contributed by atoms with Crippen molar-refractivity contribution in [1.82, 2.24) is 5.32 Å². The van der Waals surface area contributed by atoms with Crippen molar-refractivity contribution in [3.63, 3.8) is 0 Å². The fourth-order valence-corrected chi connectivity index (χ4v) is 3.93. The number of nitrogens with one attached hydrogen (secondary N) is 1. The van der Waals surface area contributed by atoms with E-state index in [-0.39, 0.29) is 15.8 Å². The van der Waals surface area contributed by atoms with Crippen molar-refractivity contribution in [3.8, 4) is 0 Å². The molecule has 0 saturated carbocycles. The minimum atomic E-state index is -3.48. The van der Waals surface area contributed by atoms with Crippen molar-refractivity contribution in [3.05, 3.63) is 23.8 Å². The first-order valence-electron chi connectivity index (χ1n) is 6.80. The summed E-state index contributed by atoms with van der Waals surface area (Å²) in [5.74, 6) is 0. The van der Waals surface area contributed by atoms with Crippen LogP contribution in [0.5, 0.6) is 0 Å². The van der Waals surface area contributed by atoms with Crippen LogP contribution in [0.25, 0.3) is 0 Å². The maximum absolute atomic E-state index is 11.9. The van der Waals surface area contributed by atoms with E-state index in [1.807, 2.05) is 7.05 Å². The van der Waals surface area contributed by atoms with Crippen molar-refractivity contribution in [1.29, 1.82) is 0 Å². The summed E-state index contributed by atoms with van der Waals surface area (Å²) in [7, 11) is -5.07. The molecule has 1 N–H and O–H groups in total. The van der Waals surface area contributed by atoms with E-state index in [0.717, 1.165) is 25.4 Å². The van der Waals surface area contributed by atoms with Gasteiger partial charge in [0.05, 0.1) is 9.79 Å². The summed E-state index contributed by atoms with van der Waals surface area (Å²) in [5.41, 5.74) is 0.651. The highest BCUT2D eigenvalue weighted by atomic mass is 32.2. The maximum atomic E-state index is 11.9. The Morgan fingerprint density at radius 2 is 1.71 bits per heavy atom. The van der Waals surface area contributed by atoms with Crippen LogP contribution in [0.4, 0.5) is 0 Å². The van der Waals surface area contributed by atoms with Crippen LogP contribution in [-0.2, 0) is 26.1 Å². The van der Waals surface area contributed by atoms with Gasteiger partial charge >= 0.3 is 0 Å². The number of hydrogen-bond donors (Lipinski definition) is 1. The third-order valence-corrected chi connectivity index (χ3v) is 5.67. The average molecular weight is 333 g/mol. The Morgan fingerprint density at radius 3 is 2.14 bits per heavy atom. The summed E-state index contributed by atoms with van der Waals surface area (Å²) < 4.78 is 47.1. The number of benzene rings is 1. The number of likely N-dealkylation sites (N-methyl/N-ethyl adjacent to an activating group) is 1. The molecule has 0 aliphatic heterocycles. The van der Waals surface area contributed by atoms with Gasteiger partial charge in [-0.1, -0.05) is 19.4 Å². The van der Waals surface area contributed by atoms with Crippen LogP contribution in [0.15, 0.2) is 28.0 Å². The first-order valence-corrected chi connectivity index (χ1v) is 10.6. The molecule has 120 valence electrons. The summed E-state index contributed by atoms with van der Waals surface area (Å²) in [4.78, 5) is 0.130. The maximum Gasteiger partial charge on any atom is 0.175 e. The van der Waals surface area contributed by atoms with E-state index in [2.05, 4.69) is 12.2 Å². The summed E-state index contributed by atoms with van der Waals surface area (Å²) in [6.07, 6.45) is 4.64. The lowest BCUT2D eigenvalue weighted by atomic mass is 10.0. The highest BCUT2D eigenvalue weighted by Gasteiger charge is 2.19. The third kappa shape index (κ3) is 5.09. The molecule has 0 heterocycles. The fourth-order valence-electron chi connectivity index (χ4n) is 2.24. The highest BCUT2D eigenvalue weighted by Crippen LogP contribution is 2.22. The molecule has 21 heavy (non-hydrogen) atoms. The van der Waals surface area contributed by atoms with Crippen LogP contribution in [0.2, 0.25) is 0 Å². The first-order chi connectivity index (χ1) is 9.59. The molecular formula is C14H23NO4S2. The predicted molar refractivity (Wildman–Crippen MR) is 84.1 cm³/mol. The van der Waals surface area contributed by atoms with E-state index in [1.165, 1.54) is 12.1 Å². The Labute approximate surface area is 127 Å². The Morgan fingerprint density at radius 1 is 1.10 bits per heavy atom. The van der Waals surface area contributed by atoms with E-state index in [4.69, 9.17) is 0 Å². The number of hydrogen-bond acceptors (Lipinski definition) is 5. The molecule has 5 nitrogen and oxygen atoms in total. The van der Waals surface area contributed by atoms with Crippen LogP contribution >= 0.6 is 0 Å². The van der Waals surface area contributed by atoms with Gasteiger partial charge in [0, 0.05) is 18.6 Å². The standard InChI is InChI=1S/C14H23NO4S2/c1-5-6-12(15-2)9-11-7-8-13(20(3,16)17)10-14(11)21(4,18)19/h7-8,10,12,15H,5-6,9H2,1-4H3. The zero-order chi connectivity index (χ0) is 16.3. The van der Waals surface area contributed by atoms with Gasteiger partial charge in [0.2, 0.25) is 0 Å². The molecule has 1 atom stereocenters. The second-order valence-electron chi connectivity index (χ2n) is 5.29. The van der Waals surface area contributed by atoms with Gasteiger partial charge in [-0.15, -0.1) is 0 Å². The highest BCUT2D eigenvalue weighted by molar-refractivity contribution is 7.91. The summed E-state index contributed by atoms with van der Waals surface area (Å²) in [6.45, 7) is 2.06. The zero-order valence-electron chi connectivity index (χ0n) is 12.9. The van der Waals surface area contributed by atoms with Crippen LogP contribution in [0, 0.1) is 0 Å². The molecular weight excluding hydrogens is 310 g/mol. The van der Waals surface area contributed by atoms with Crippen molar-refractivity contribution in [2.45, 2.75) is 42.0 Å². The molecule has 0 bridgehead atoms. The van der Waals surface area contributed by atoms with Gasteiger partial charge in [0.25, 0.3) is 0 Å². The van der Waals surface area contributed by atoms with Gasteiger partial charge in [-0.3, -0.25) is 0 Å². The SMILES string of the molecule is CCCC(Cc1ccc(S(C)(=O)=O)cc1S(C)(=O)=O)NC. The van der Waals surface area contributed by atoms with E-state index >= 15 is 0 Å². The van der Waals surface area contributed by atoms with Crippen LogP contribution in [0.3, 0.4) is 0 Å². The monoisotopic (exact) mass is 333 g/mol. The summed E-state index contributed by atoms with van der Waals surface area (Å²) in [5, 5.41) is 3.16. The molecule has 0 spiro atoms. The molecule has 0 aromatic heterocycles. The Hall–Kier alpha value is -0.920. The Kier molecular flexibility index (Phi) is 5.95. The van der Waals surface area contributed by atoms with Crippen molar-refractivity contribution in [2.75, 3.05) is 19.6 Å². The van der Waals surface area contributed by atoms with Crippen molar-refractivity contribution in [2.24, 2.45) is 0 Å². The lowest BCUT2D eigenvalue weighted by Gasteiger charge is -2.17. The molecule has 1 aromatic rings. The topological polar surface area (TPSA) is 80.3 Å². The zero-order valence-corrected chi connectivity index (χ0v) is 14.5. The lowest BCUT2D eigenvalue weighted by Crippen LogP contribution is -2.28. The Bertz CT molecular complexity index is 694. The molecule has 0 saturated heterocycles. The molecule has 1 aromatic carbocycles. The third-order valence-electron chi connectivity index (χ3n) is 3.38. The van der Waals surface area contributed by atoms with Gasteiger partial charge in [0.15, 0.2) is 19.7 Å². The van der Waals surface area contributed by atoms with Crippen LogP contribution in [-0.4, -0.2) is 42.4 Å². The molecule has 0 amide bonds. The van der Waals surface area contributed by atoms with Crippen molar-refractivity contribution >= 4 is 19.7 Å². The quantitative estimate of drug-likeness (QED) is 0.816. The van der Waals surface area contributed by atoms with Gasteiger partial charge in [0.1, 0.15) is 0 Å². The van der Waals surface area contributed by atoms with Gasteiger partial charge in [-0.2, -0.15) is 0 Å². The Balaban J connectivity index is 3.33. The number of sulfone groups is 2. The average Bonchev–Trinajstić information content (AvgIpc) is 2.36. The summed E-state index contributed by atoms with van der Waals surface area (Å²) in [6, 6.07) is 4.50. The molecule has 1 rings (SSSR count). The van der Waals surface area contributed by atoms with Crippen LogP contribution in [0.1, 0.15) is 25.3 Å². The van der Waals surface area contributed by atoms with E-state index < -0.39 is 19.7 Å². The van der Waals surface area contributed by atoms with E-state index in [1.54, 1.807) is 6.07 Å². The minimum absolute atomic E-state index is 0.0307. The molecule has 0 fully saturated rings. The molecule has 0 radical (unpaired) electrons.